The minimum atomic E-state index is -0.750. The SMILES string of the molecule is CC(C)(C)[O-].CC(C)(C)[O-].CC(C)(C)[O-].CC(C)(C)[O-].[W]. The second-order valence-corrected chi connectivity index (χ2v) is 8.45. The van der Waals surface area contributed by atoms with Crippen molar-refractivity contribution in [1.82, 2.24) is 0 Å². The average Bonchev–Trinajstić information content (AvgIpc) is 1.62. The molecule has 0 saturated heterocycles. The van der Waals surface area contributed by atoms with Gasteiger partial charge in [0, 0.05) is 21.1 Å². The van der Waals surface area contributed by atoms with Crippen LogP contribution in [0, 0.1) is 0 Å². The van der Waals surface area contributed by atoms with Crippen LogP contribution >= 0.6 is 0 Å². The van der Waals surface area contributed by atoms with Crippen LogP contribution in [0.4, 0.5) is 0 Å². The zero-order valence-corrected chi connectivity index (χ0v) is 19.0. The molecule has 0 heterocycles. The summed E-state index contributed by atoms with van der Waals surface area (Å²) in [4.78, 5) is 0. The monoisotopic (exact) mass is 476 g/mol. The average molecular weight is 476 g/mol. The van der Waals surface area contributed by atoms with E-state index in [1.54, 1.807) is 83.1 Å². The Balaban J connectivity index is -0.0000000533. The first-order valence-corrected chi connectivity index (χ1v) is 6.82. The van der Waals surface area contributed by atoms with E-state index in [1.807, 2.05) is 0 Å². The molecule has 0 fully saturated rings. The first-order valence-electron chi connectivity index (χ1n) is 6.82. The van der Waals surface area contributed by atoms with Crippen LogP contribution in [0.3, 0.4) is 0 Å². The van der Waals surface area contributed by atoms with E-state index in [-0.39, 0.29) is 21.1 Å². The molecule has 0 atom stereocenters. The Morgan fingerprint density at radius 2 is 0.333 bits per heavy atom. The fourth-order valence-electron chi connectivity index (χ4n) is 0. The summed E-state index contributed by atoms with van der Waals surface area (Å²) >= 11 is 0. The molecule has 0 saturated carbocycles. The molecule has 0 aromatic heterocycles. The molecule has 21 heavy (non-hydrogen) atoms. The van der Waals surface area contributed by atoms with Gasteiger partial charge in [-0.15, -0.1) is 22.4 Å². The number of hydrogen-bond donors (Lipinski definition) is 0. The summed E-state index contributed by atoms with van der Waals surface area (Å²) in [6.07, 6.45) is 0. The van der Waals surface area contributed by atoms with E-state index in [1.165, 1.54) is 0 Å². The molecule has 0 amide bonds. The fraction of sp³-hybridized carbons (Fsp3) is 1.00. The molecule has 5 heteroatoms. The van der Waals surface area contributed by atoms with Gasteiger partial charge in [-0.2, -0.15) is 0 Å². The van der Waals surface area contributed by atoms with Gasteiger partial charge < -0.3 is 20.4 Å². The van der Waals surface area contributed by atoms with Crippen LogP contribution in [0.25, 0.3) is 0 Å². The summed E-state index contributed by atoms with van der Waals surface area (Å²) in [5, 5.41) is 40.4. The van der Waals surface area contributed by atoms with E-state index in [4.69, 9.17) is 0 Å². The number of hydrogen-bond acceptors (Lipinski definition) is 4. The molecule has 0 aliphatic carbocycles. The van der Waals surface area contributed by atoms with Crippen molar-refractivity contribution in [2.45, 2.75) is 105 Å². The van der Waals surface area contributed by atoms with Gasteiger partial charge >= 0.3 is 0 Å². The van der Waals surface area contributed by atoms with Crippen molar-refractivity contribution in [1.29, 1.82) is 0 Å². The second kappa shape index (κ2) is 13.0. The minimum absolute atomic E-state index is 0. The smallest absolute Gasteiger partial charge is 0 e. The van der Waals surface area contributed by atoms with Crippen molar-refractivity contribution in [3.63, 3.8) is 0 Å². The zero-order valence-electron chi connectivity index (χ0n) is 16.0. The number of rotatable bonds is 0. The maximum atomic E-state index is 10.1. The van der Waals surface area contributed by atoms with Crippen molar-refractivity contribution < 1.29 is 41.5 Å². The topological polar surface area (TPSA) is 92.2 Å². The predicted molar refractivity (Wildman–Crippen MR) is 79.0 cm³/mol. The standard InChI is InChI=1S/4C4H9O.W/c4*1-4(2,3)5;/h4*1-3H3;/q4*-1;. The van der Waals surface area contributed by atoms with E-state index in [2.05, 4.69) is 0 Å². The van der Waals surface area contributed by atoms with Crippen LogP contribution in [0.5, 0.6) is 0 Å². The molecule has 4 nitrogen and oxygen atoms in total. The molecule has 0 spiro atoms. The van der Waals surface area contributed by atoms with Crippen molar-refractivity contribution in [3.8, 4) is 0 Å². The molecule has 0 unspecified atom stereocenters. The van der Waals surface area contributed by atoms with Crippen molar-refractivity contribution in [2.24, 2.45) is 0 Å². The quantitative estimate of drug-likeness (QED) is 0.512. The zero-order chi connectivity index (χ0) is 18.0. The summed E-state index contributed by atoms with van der Waals surface area (Å²) in [6.45, 7) is 19.6. The predicted octanol–water partition coefficient (Wildman–Crippen LogP) is 0.578. The van der Waals surface area contributed by atoms with Crippen LogP contribution < -0.4 is 20.4 Å². The maximum Gasteiger partial charge on any atom is 0 e. The van der Waals surface area contributed by atoms with Crippen LogP contribution in [0.1, 0.15) is 83.1 Å². The van der Waals surface area contributed by atoms with Crippen LogP contribution in [0.2, 0.25) is 0 Å². The Morgan fingerprint density at radius 1 is 0.333 bits per heavy atom. The Labute approximate surface area is 147 Å². The van der Waals surface area contributed by atoms with Crippen LogP contribution in [-0.2, 0) is 21.1 Å². The molecule has 0 bridgehead atoms. The van der Waals surface area contributed by atoms with Gasteiger partial charge in [0.15, 0.2) is 0 Å². The summed E-state index contributed by atoms with van der Waals surface area (Å²) in [5.74, 6) is 0. The molecule has 0 N–H and O–H groups in total. The van der Waals surface area contributed by atoms with E-state index >= 15 is 0 Å². The molecule has 0 aromatic rings. The maximum absolute atomic E-state index is 10.1. The molecule has 134 valence electrons. The van der Waals surface area contributed by atoms with Crippen molar-refractivity contribution in [2.75, 3.05) is 0 Å². The van der Waals surface area contributed by atoms with E-state index in [9.17, 15) is 20.4 Å². The summed E-state index contributed by atoms with van der Waals surface area (Å²) in [7, 11) is 0. The Bertz CT molecular complexity index is 130. The normalized spacial score (nSPS) is 11.4. The third-order valence-electron chi connectivity index (χ3n) is 0. The van der Waals surface area contributed by atoms with E-state index in [0.717, 1.165) is 0 Å². The fourth-order valence-corrected chi connectivity index (χ4v) is 0. The first-order chi connectivity index (χ1) is 8.00. The van der Waals surface area contributed by atoms with Crippen LogP contribution in [0.15, 0.2) is 0 Å². The van der Waals surface area contributed by atoms with Gasteiger partial charge in [0.2, 0.25) is 0 Å². The van der Waals surface area contributed by atoms with Gasteiger partial charge in [-0.3, -0.25) is 0 Å². The molecule has 0 aromatic carbocycles. The molecular formula is C16H36O4W-4. The summed E-state index contributed by atoms with van der Waals surface area (Å²) in [6, 6.07) is 0. The Morgan fingerprint density at radius 3 is 0.333 bits per heavy atom. The Hall–Kier alpha value is 0.528. The van der Waals surface area contributed by atoms with E-state index < -0.39 is 22.4 Å². The summed E-state index contributed by atoms with van der Waals surface area (Å²) < 4.78 is 0. The summed E-state index contributed by atoms with van der Waals surface area (Å²) in [5.41, 5.74) is -3.00. The van der Waals surface area contributed by atoms with Crippen LogP contribution in [-0.4, -0.2) is 22.4 Å². The molecule has 0 aliphatic heterocycles. The molecule has 0 rings (SSSR count). The van der Waals surface area contributed by atoms with Gasteiger partial charge in [0.25, 0.3) is 0 Å². The Kier molecular flexibility index (Phi) is 20.6. The van der Waals surface area contributed by atoms with Gasteiger partial charge in [-0.25, -0.2) is 0 Å². The van der Waals surface area contributed by atoms with E-state index in [0.29, 0.717) is 0 Å². The largest absolute Gasteiger partial charge is 0.850 e. The minimum Gasteiger partial charge on any atom is -0.850 e. The van der Waals surface area contributed by atoms with Crippen molar-refractivity contribution in [3.05, 3.63) is 0 Å². The van der Waals surface area contributed by atoms with Gasteiger partial charge in [-0.1, -0.05) is 83.1 Å². The van der Waals surface area contributed by atoms with Crippen molar-refractivity contribution >= 4 is 0 Å². The third kappa shape index (κ3) is 25200. The molecular weight excluding hydrogens is 440 g/mol. The molecule has 0 aliphatic rings. The van der Waals surface area contributed by atoms with Gasteiger partial charge in [0.05, 0.1) is 0 Å². The third-order valence-corrected chi connectivity index (χ3v) is 0. The van der Waals surface area contributed by atoms with Gasteiger partial charge in [-0.05, 0) is 0 Å². The second-order valence-electron chi connectivity index (χ2n) is 8.45. The molecule has 0 radical (unpaired) electrons. The first kappa shape index (κ1) is 33.2. The van der Waals surface area contributed by atoms with Gasteiger partial charge in [0.1, 0.15) is 0 Å².